The van der Waals surface area contributed by atoms with E-state index in [4.69, 9.17) is 0 Å². The fourth-order valence-corrected chi connectivity index (χ4v) is 4.36. The SMILES string of the molecule is C[C@@H]1CCCC(C2CCCCC2(C)C)N(C)C1. The molecule has 1 nitrogen and oxygen atoms in total. The average Bonchev–Trinajstić information content (AvgIpc) is 2.39. The summed E-state index contributed by atoms with van der Waals surface area (Å²) in [6, 6.07) is 0.857. The van der Waals surface area contributed by atoms with Crippen molar-refractivity contribution in [3.63, 3.8) is 0 Å². The molecule has 2 rings (SSSR count). The maximum Gasteiger partial charge on any atom is 0.0126 e. The predicted octanol–water partition coefficient (Wildman–Crippen LogP) is 4.32. The molecule has 0 aromatic heterocycles. The fourth-order valence-electron chi connectivity index (χ4n) is 4.36. The van der Waals surface area contributed by atoms with E-state index in [0.29, 0.717) is 5.41 Å². The smallest absolute Gasteiger partial charge is 0.0126 e. The molecule has 0 aromatic rings. The minimum Gasteiger partial charge on any atom is -0.303 e. The van der Waals surface area contributed by atoms with E-state index in [1.165, 1.54) is 51.5 Å². The third kappa shape index (κ3) is 3.05. The molecular weight excluding hydrogens is 206 g/mol. The monoisotopic (exact) mass is 237 g/mol. The summed E-state index contributed by atoms with van der Waals surface area (Å²) in [7, 11) is 2.37. The first-order valence-corrected chi connectivity index (χ1v) is 7.71. The molecule has 1 saturated heterocycles. The molecule has 1 saturated carbocycles. The normalized spacial score (nSPS) is 39.9. The van der Waals surface area contributed by atoms with E-state index in [1.54, 1.807) is 0 Å². The zero-order valence-electron chi connectivity index (χ0n) is 12.3. The summed E-state index contributed by atoms with van der Waals surface area (Å²) < 4.78 is 0. The lowest BCUT2D eigenvalue weighted by Crippen LogP contribution is -2.45. The van der Waals surface area contributed by atoms with Crippen LogP contribution in [0.4, 0.5) is 0 Å². The Morgan fingerprint density at radius 1 is 1.00 bits per heavy atom. The van der Waals surface area contributed by atoms with Gasteiger partial charge >= 0.3 is 0 Å². The zero-order valence-corrected chi connectivity index (χ0v) is 12.3. The van der Waals surface area contributed by atoms with Crippen molar-refractivity contribution < 1.29 is 0 Å². The van der Waals surface area contributed by atoms with E-state index >= 15 is 0 Å². The second-order valence-electron chi connectivity index (χ2n) is 7.38. The molecule has 0 radical (unpaired) electrons. The molecular formula is C16H31N. The van der Waals surface area contributed by atoms with Crippen molar-refractivity contribution in [2.45, 2.75) is 71.8 Å². The van der Waals surface area contributed by atoms with Gasteiger partial charge in [0, 0.05) is 12.6 Å². The zero-order chi connectivity index (χ0) is 12.5. The van der Waals surface area contributed by atoms with Gasteiger partial charge in [-0.25, -0.2) is 0 Å². The first kappa shape index (κ1) is 13.4. The van der Waals surface area contributed by atoms with E-state index in [0.717, 1.165) is 17.9 Å². The van der Waals surface area contributed by atoms with Crippen LogP contribution in [0.25, 0.3) is 0 Å². The van der Waals surface area contributed by atoms with Crippen LogP contribution in [0.1, 0.15) is 65.7 Å². The van der Waals surface area contributed by atoms with Crippen molar-refractivity contribution >= 4 is 0 Å². The van der Waals surface area contributed by atoms with Crippen molar-refractivity contribution in [3.8, 4) is 0 Å². The molecule has 2 aliphatic rings. The second-order valence-corrected chi connectivity index (χ2v) is 7.38. The number of hydrogen-bond donors (Lipinski definition) is 0. The minimum absolute atomic E-state index is 0.574. The topological polar surface area (TPSA) is 3.24 Å². The van der Waals surface area contributed by atoms with Crippen molar-refractivity contribution in [3.05, 3.63) is 0 Å². The highest BCUT2D eigenvalue weighted by Crippen LogP contribution is 2.45. The Balaban J connectivity index is 2.08. The lowest BCUT2D eigenvalue weighted by atomic mass is 9.65. The molecule has 0 aromatic carbocycles. The minimum atomic E-state index is 0.574. The van der Waals surface area contributed by atoms with Gasteiger partial charge in [0.1, 0.15) is 0 Å². The van der Waals surface area contributed by atoms with Gasteiger partial charge in [-0.1, -0.05) is 40.0 Å². The molecule has 2 unspecified atom stereocenters. The van der Waals surface area contributed by atoms with Crippen LogP contribution in [0.2, 0.25) is 0 Å². The summed E-state index contributed by atoms with van der Waals surface area (Å²) in [6.07, 6.45) is 10.2. The van der Waals surface area contributed by atoms with Crippen LogP contribution in [-0.2, 0) is 0 Å². The molecule has 1 aliphatic carbocycles. The molecule has 3 atom stereocenters. The van der Waals surface area contributed by atoms with Gasteiger partial charge in [-0.2, -0.15) is 0 Å². The van der Waals surface area contributed by atoms with Crippen molar-refractivity contribution in [1.82, 2.24) is 4.90 Å². The van der Waals surface area contributed by atoms with Crippen LogP contribution in [-0.4, -0.2) is 24.5 Å². The van der Waals surface area contributed by atoms with Gasteiger partial charge in [-0.05, 0) is 50.0 Å². The molecule has 1 heterocycles. The maximum absolute atomic E-state index is 2.69. The highest BCUT2D eigenvalue weighted by atomic mass is 15.1. The van der Waals surface area contributed by atoms with Crippen molar-refractivity contribution in [2.24, 2.45) is 17.3 Å². The Morgan fingerprint density at radius 2 is 1.76 bits per heavy atom. The summed E-state index contributed by atoms with van der Waals surface area (Å²) in [5.41, 5.74) is 0.574. The van der Waals surface area contributed by atoms with Gasteiger partial charge in [-0.3, -0.25) is 0 Å². The van der Waals surface area contributed by atoms with E-state index < -0.39 is 0 Å². The molecule has 17 heavy (non-hydrogen) atoms. The summed E-state index contributed by atoms with van der Waals surface area (Å²) in [6.45, 7) is 8.76. The maximum atomic E-state index is 2.69. The second kappa shape index (κ2) is 5.30. The highest BCUT2D eigenvalue weighted by Gasteiger charge is 2.39. The number of likely N-dealkylation sites (tertiary alicyclic amines) is 1. The van der Waals surface area contributed by atoms with Gasteiger partial charge < -0.3 is 4.90 Å². The standard InChI is InChI=1S/C16H31N/c1-13-8-7-10-15(17(4)12-13)14-9-5-6-11-16(14,2)3/h13-15H,5-12H2,1-4H3/t13-,14?,15?/m1/s1. The Labute approximate surface area is 108 Å². The summed E-state index contributed by atoms with van der Waals surface area (Å²) >= 11 is 0. The third-order valence-corrected chi connectivity index (χ3v) is 5.42. The first-order chi connectivity index (χ1) is 8.00. The predicted molar refractivity (Wildman–Crippen MR) is 75.2 cm³/mol. The quantitative estimate of drug-likeness (QED) is 0.656. The van der Waals surface area contributed by atoms with Crippen molar-refractivity contribution in [2.75, 3.05) is 13.6 Å². The largest absolute Gasteiger partial charge is 0.303 e. The molecule has 1 heteroatoms. The molecule has 0 amide bonds. The lowest BCUT2D eigenvalue weighted by Gasteiger charge is -2.46. The summed E-state index contributed by atoms with van der Waals surface area (Å²) in [5, 5.41) is 0. The van der Waals surface area contributed by atoms with Crippen LogP contribution in [0.3, 0.4) is 0 Å². The van der Waals surface area contributed by atoms with Crippen LogP contribution in [0, 0.1) is 17.3 Å². The number of nitrogens with zero attached hydrogens (tertiary/aromatic N) is 1. The Hall–Kier alpha value is -0.0400. The summed E-state index contributed by atoms with van der Waals surface area (Å²) in [4.78, 5) is 2.69. The Kier molecular flexibility index (Phi) is 4.18. The molecule has 2 fully saturated rings. The van der Waals surface area contributed by atoms with Gasteiger partial charge in [-0.15, -0.1) is 0 Å². The Morgan fingerprint density at radius 3 is 2.47 bits per heavy atom. The van der Waals surface area contributed by atoms with Gasteiger partial charge in [0.15, 0.2) is 0 Å². The van der Waals surface area contributed by atoms with E-state index in [-0.39, 0.29) is 0 Å². The van der Waals surface area contributed by atoms with Gasteiger partial charge in [0.05, 0.1) is 0 Å². The van der Waals surface area contributed by atoms with E-state index in [9.17, 15) is 0 Å². The fraction of sp³-hybridized carbons (Fsp3) is 1.00. The molecule has 0 spiro atoms. The van der Waals surface area contributed by atoms with Crippen LogP contribution in [0.15, 0.2) is 0 Å². The number of rotatable bonds is 1. The highest BCUT2D eigenvalue weighted by molar-refractivity contribution is 4.92. The van der Waals surface area contributed by atoms with Crippen LogP contribution >= 0.6 is 0 Å². The van der Waals surface area contributed by atoms with Gasteiger partial charge in [0.25, 0.3) is 0 Å². The molecule has 100 valence electrons. The molecule has 0 N–H and O–H groups in total. The van der Waals surface area contributed by atoms with Gasteiger partial charge in [0.2, 0.25) is 0 Å². The van der Waals surface area contributed by atoms with Crippen molar-refractivity contribution in [1.29, 1.82) is 0 Å². The molecule has 1 aliphatic heterocycles. The first-order valence-electron chi connectivity index (χ1n) is 7.71. The molecule has 0 bridgehead atoms. The summed E-state index contributed by atoms with van der Waals surface area (Å²) in [5.74, 6) is 1.84. The third-order valence-electron chi connectivity index (χ3n) is 5.42. The van der Waals surface area contributed by atoms with E-state index in [1.807, 2.05) is 0 Å². The Bertz CT molecular complexity index is 246. The lowest BCUT2D eigenvalue weighted by molar-refractivity contribution is 0.0420. The van der Waals surface area contributed by atoms with Crippen LogP contribution < -0.4 is 0 Å². The van der Waals surface area contributed by atoms with Crippen LogP contribution in [0.5, 0.6) is 0 Å². The number of hydrogen-bond acceptors (Lipinski definition) is 1. The van der Waals surface area contributed by atoms with E-state index in [2.05, 4.69) is 32.7 Å². The average molecular weight is 237 g/mol.